The van der Waals surface area contributed by atoms with Gasteiger partial charge in [-0.25, -0.2) is 0 Å². The Kier molecular flexibility index (Phi) is 5.08. The lowest BCUT2D eigenvalue weighted by molar-refractivity contribution is 0.541. The van der Waals surface area contributed by atoms with Crippen LogP contribution in [-0.4, -0.2) is 16.8 Å². The molecule has 1 aromatic carbocycles. The molecule has 0 bridgehead atoms. The Balaban J connectivity index is 2.28. The standard InChI is InChI=1S/C15H19Cl2N3/c1-4-20-14(15(17)10(2)19-20)9-13(18-3)11-5-7-12(16)8-6-11/h5-8,13,18H,4,9H2,1-3H3. The van der Waals surface area contributed by atoms with Crippen LogP contribution in [0.4, 0.5) is 0 Å². The van der Waals surface area contributed by atoms with E-state index < -0.39 is 0 Å². The molecule has 108 valence electrons. The maximum atomic E-state index is 6.37. The molecule has 1 unspecified atom stereocenters. The SMILES string of the molecule is CCn1nc(C)c(Cl)c1CC(NC)c1ccc(Cl)cc1. The van der Waals surface area contributed by atoms with E-state index in [2.05, 4.69) is 17.3 Å². The van der Waals surface area contributed by atoms with Gasteiger partial charge in [-0.2, -0.15) is 5.10 Å². The van der Waals surface area contributed by atoms with Gasteiger partial charge in [0.05, 0.1) is 16.4 Å². The highest BCUT2D eigenvalue weighted by molar-refractivity contribution is 6.31. The van der Waals surface area contributed by atoms with Crippen LogP contribution >= 0.6 is 23.2 Å². The second-order valence-electron chi connectivity index (χ2n) is 4.76. The van der Waals surface area contributed by atoms with Crippen LogP contribution in [0.3, 0.4) is 0 Å². The molecule has 1 atom stereocenters. The smallest absolute Gasteiger partial charge is 0.0847 e. The number of halogens is 2. The largest absolute Gasteiger partial charge is 0.313 e. The van der Waals surface area contributed by atoms with E-state index in [9.17, 15) is 0 Å². The van der Waals surface area contributed by atoms with Gasteiger partial charge in [0.2, 0.25) is 0 Å². The molecule has 1 heterocycles. The highest BCUT2D eigenvalue weighted by Gasteiger charge is 2.18. The maximum Gasteiger partial charge on any atom is 0.0847 e. The number of benzene rings is 1. The molecule has 0 aliphatic heterocycles. The van der Waals surface area contributed by atoms with Crippen LogP contribution in [0.1, 0.15) is 29.9 Å². The minimum atomic E-state index is 0.186. The molecule has 2 aromatic rings. The van der Waals surface area contributed by atoms with E-state index in [1.54, 1.807) is 0 Å². The van der Waals surface area contributed by atoms with Crippen molar-refractivity contribution in [1.29, 1.82) is 0 Å². The van der Waals surface area contributed by atoms with Gasteiger partial charge in [0, 0.05) is 24.0 Å². The summed E-state index contributed by atoms with van der Waals surface area (Å²) in [6.07, 6.45) is 0.797. The third kappa shape index (κ3) is 3.17. The Morgan fingerprint density at radius 1 is 1.25 bits per heavy atom. The van der Waals surface area contributed by atoms with E-state index in [0.717, 1.165) is 34.4 Å². The normalized spacial score (nSPS) is 12.7. The fraction of sp³-hybridized carbons (Fsp3) is 0.400. The number of nitrogens with one attached hydrogen (secondary N) is 1. The number of aromatic nitrogens is 2. The number of aryl methyl sites for hydroxylation is 2. The molecule has 1 N–H and O–H groups in total. The Morgan fingerprint density at radius 2 is 1.90 bits per heavy atom. The minimum Gasteiger partial charge on any atom is -0.313 e. The highest BCUT2D eigenvalue weighted by atomic mass is 35.5. The molecule has 0 aliphatic rings. The van der Waals surface area contributed by atoms with Gasteiger partial charge >= 0.3 is 0 Å². The van der Waals surface area contributed by atoms with Crippen molar-refractivity contribution in [3.05, 3.63) is 51.3 Å². The molecule has 2 rings (SSSR count). The monoisotopic (exact) mass is 311 g/mol. The van der Waals surface area contributed by atoms with Crippen molar-refractivity contribution in [2.24, 2.45) is 0 Å². The van der Waals surface area contributed by atoms with Gasteiger partial charge in [-0.1, -0.05) is 35.3 Å². The first-order chi connectivity index (χ1) is 9.56. The molecule has 5 heteroatoms. The van der Waals surface area contributed by atoms with E-state index in [-0.39, 0.29) is 6.04 Å². The molecule has 0 amide bonds. The summed E-state index contributed by atoms with van der Waals surface area (Å²) in [5, 5.41) is 9.30. The zero-order chi connectivity index (χ0) is 14.7. The van der Waals surface area contributed by atoms with Crippen LogP contribution < -0.4 is 5.32 Å². The summed E-state index contributed by atoms with van der Waals surface area (Å²) in [5.41, 5.74) is 3.14. The van der Waals surface area contributed by atoms with E-state index in [1.165, 1.54) is 5.56 Å². The first-order valence-electron chi connectivity index (χ1n) is 6.71. The van der Waals surface area contributed by atoms with E-state index >= 15 is 0 Å². The van der Waals surface area contributed by atoms with Gasteiger partial charge in [0.1, 0.15) is 0 Å². The number of hydrogen-bond donors (Lipinski definition) is 1. The Morgan fingerprint density at radius 3 is 2.45 bits per heavy atom. The molecule has 0 aliphatic carbocycles. The summed E-state index contributed by atoms with van der Waals surface area (Å²) in [6, 6.07) is 8.08. The van der Waals surface area contributed by atoms with Gasteiger partial charge in [0.25, 0.3) is 0 Å². The fourth-order valence-electron chi connectivity index (χ4n) is 2.34. The average Bonchev–Trinajstić information content (AvgIpc) is 2.73. The summed E-state index contributed by atoms with van der Waals surface area (Å²) in [6.45, 7) is 4.83. The molecule has 0 spiro atoms. The van der Waals surface area contributed by atoms with Crippen molar-refractivity contribution in [1.82, 2.24) is 15.1 Å². The first-order valence-corrected chi connectivity index (χ1v) is 7.46. The molecule has 20 heavy (non-hydrogen) atoms. The van der Waals surface area contributed by atoms with Crippen molar-refractivity contribution in [2.45, 2.75) is 32.9 Å². The number of nitrogens with zero attached hydrogens (tertiary/aromatic N) is 2. The molecule has 3 nitrogen and oxygen atoms in total. The van der Waals surface area contributed by atoms with Crippen molar-refractivity contribution in [3.8, 4) is 0 Å². The molecular formula is C15H19Cl2N3. The number of hydrogen-bond acceptors (Lipinski definition) is 2. The molecule has 1 aromatic heterocycles. The van der Waals surface area contributed by atoms with Gasteiger partial charge < -0.3 is 5.32 Å². The molecule has 0 saturated carbocycles. The van der Waals surface area contributed by atoms with E-state index in [4.69, 9.17) is 23.2 Å². The highest BCUT2D eigenvalue weighted by Crippen LogP contribution is 2.26. The van der Waals surface area contributed by atoms with Gasteiger partial charge in [-0.05, 0) is 38.6 Å². The topological polar surface area (TPSA) is 29.9 Å². The summed E-state index contributed by atoms with van der Waals surface area (Å²) in [7, 11) is 1.95. The molecule has 0 saturated heterocycles. The second kappa shape index (κ2) is 6.61. The van der Waals surface area contributed by atoms with Crippen LogP contribution in [0, 0.1) is 6.92 Å². The first kappa shape index (κ1) is 15.4. The Hall–Kier alpha value is -1.03. The third-order valence-corrected chi connectivity index (χ3v) is 4.21. The Labute approximate surface area is 129 Å². The fourth-order valence-corrected chi connectivity index (χ4v) is 2.68. The summed E-state index contributed by atoms with van der Waals surface area (Å²) in [5.74, 6) is 0. The van der Waals surface area contributed by atoms with Crippen molar-refractivity contribution >= 4 is 23.2 Å². The molecule has 0 fully saturated rings. The van der Waals surface area contributed by atoms with Crippen molar-refractivity contribution < 1.29 is 0 Å². The van der Waals surface area contributed by atoms with Gasteiger partial charge in [-0.15, -0.1) is 0 Å². The lowest BCUT2D eigenvalue weighted by Crippen LogP contribution is -2.20. The quantitative estimate of drug-likeness (QED) is 0.903. The lowest BCUT2D eigenvalue weighted by atomic mass is 10.0. The zero-order valence-electron chi connectivity index (χ0n) is 12.0. The van der Waals surface area contributed by atoms with Crippen LogP contribution in [0.2, 0.25) is 10.0 Å². The van der Waals surface area contributed by atoms with Crippen molar-refractivity contribution in [2.75, 3.05) is 7.05 Å². The average molecular weight is 312 g/mol. The maximum absolute atomic E-state index is 6.37. The summed E-state index contributed by atoms with van der Waals surface area (Å²) in [4.78, 5) is 0. The summed E-state index contributed by atoms with van der Waals surface area (Å²) < 4.78 is 1.97. The number of rotatable bonds is 5. The second-order valence-corrected chi connectivity index (χ2v) is 5.57. The van der Waals surface area contributed by atoms with Crippen molar-refractivity contribution in [3.63, 3.8) is 0 Å². The van der Waals surface area contributed by atoms with E-state index in [0.29, 0.717) is 0 Å². The molecular weight excluding hydrogens is 293 g/mol. The minimum absolute atomic E-state index is 0.186. The van der Waals surface area contributed by atoms with Gasteiger partial charge in [0.15, 0.2) is 0 Å². The predicted octanol–water partition coefficient (Wildman–Crippen LogP) is 4.02. The predicted molar refractivity (Wildman–Crippen MR) is 84.6 cm³/mol. The summed E-state index contributed by atoms with van der Waals surface area (Å²) >= 11 is 12.3. The lowest BCUT2D eigenvalue weighted by Gasteiger charge is -2.17. The van der Waals surface area contributed by atoms with Crippen LogP contribution in [0.25, 0.3) is 0 Å². The molecule has 0 radical (unpaired) electrons. The zero-order valence-corrected chi connectivity index (χ0v) is 13.5. The van der Waals surface area contributed by atoms with Gasteiger partial charge in [-0.3, -0.25) is 4.68 Å². The number of likely N-dealkylation sites (N-methyl/N-ethyl adjacent to an activating group) is 1. The van der Waals surface area contributed by atoms with Crippen LogP contribution in [-0.2, 0) is 13.0 Å². The van der Waals surface area contributed by atoms with E-state index in [1.807, 2.05) is 42.9 Å². The van der Waals surface area contributed by atoms with Crippen LogP contribution in [0.15, 0.2) is 24.3 Å². The third-order valence-electron chi connectivity index (χ3n) is 3.47. The van der Waals surface area contributed by atoms with Crippen LogP contribution in [0.5, 0.6) is 0 Å². The Bertz CT molecular complexity index is 576.